The van der Waals surface area contributed by atoms with Gasteiger partial charge in [-0.05, 0) is 48.9 Å². The third-order valence-electron chi connectivity index (χ3n) is 5.30. The zero-order valence-corrected chi connectivity index (χ0v) is 20.1. The summed E-state index contributed by atoms with van der Waals surface area (Å²) in [6.07, 6.45) is 0. The van der Waals surface area contributed by atoms with E-state index in [-0.39, 0.29) is 17.7 Å². The summed E-state index contributed by atoms with van der Waals surface area (Å²) in [6, 6.07) is 25.1. The van der Waals surface area contributed by atoms with E-state index in [1.165, 1.54) is 11.8 Å². The molecule has 7 nitrogen and oxygen atoms in total. The molecule has 0 aliphatic carbocycles. The van der Waals surface area contributed by atoms with Crippen LogP contribution < -0.4 is 14.8 Å². The number of thioether (sulfide) groups is 1. The average Bonchev–Trinajstić information content (AvgIpc) is 3.32. The number of nitrogens with zero attached hydrogens (tertiary/aromatic N) is 3. The van der Waals surface area contributed by atoms with Gasteiger partial charge >= 0.3 is 0 Å². The van der Waals surface area contributed by atoms with Crippen LogP contribution >= 0.6 is 11.8 Å². The van der Waals surface area contributed by atoms with Crippen molar-refractivity contribution in [2.24, 2.45) is 0 Å². The third-order valence-corrected chi connectivity index (χ3v) is 6.23. The molecule has 1 N–H and O–H groups in total. The summed E-state index contributed by atoms with van der Waals surface area (Å²) in [5.74, 6) is 2.27. The Morgan fingerprint density at radius 3 is 2.38 bits per heavy atom. The second-order valence-corrected chi connectivity index (χ2v) is 8.50. The van der Waals surface area contributed by atoms with Crippen LogP contribution in [0.2, 0.25) is 0 Å². The number of rotatable bonds is 9. The van der Waals surface area contributed by atoms with Crippen molar-refractivity contribution < 1.29 is 14.3 Å². The quantitative estimate of drug-likeness (QED) is 0.347. The molecule has 1 unspecified atom stereocenters. The van der Waals surface area contributed by atoms with Crippen LogP contribution in [0.15, 0.2) is 84.0 Å². The van der Waals surface area contributed by atoms with Crippen LogP contribution in [-0.2, 0) is 4.79 Å². The molecule has 1 atom stereocenters. The first-order valence-electron chi connectivity index (χ1n) is 10.8. The fraction of sp³-hybridized carbons (Fsp3) is 0.192. The molecule has 1 heterocycles. The van der Waals surface area contributed by atoms with Gasteiger partial charge in [-0.1, -0.05) is 54.2 Å². The van der Waals surface area contributed by atoms with E-state index < -0.39 is 0 Å². The predicted molar refractivity (Wildman–Crippen MR) is 134 cm³/mol. The van der Waals surface area contributed by atoms with Gasteiger partial charge in [0.05, 0.1) is 26.0 Å². The Morgan fingerprint density at radius 1 is 0.941 bits per heavy atom. The first kappa shape index (κ1) is 23.4. The molecular weight excluding hydrogens is 448 g/mol. The van der Waals surface area contributed by atoms with Gasteiger partial charge in [-0.15, -0.1) is 10.2 Å². The summed E-state index contributed by atoms with van der Waals surface area (Å²) in [6.45, 7) is 1.97. The maximum atomic E-state index is 12.7. The molecule has 0 aliphatic heterocycles. The van der Waals surface area contributed by atoms with E-state index in [1.807, 2.05) is 90.4 Å². The van der Waals surface area contributed by atoms with E-state index in [9.17, 15) is 4.79 Å². The van der Waals surface area contributed by atoms with Gasteiger partial charge in [0, 0.05) is 11.3 Å². The zero-order chi connectivity index (χ0) is 23.9. The van der Waals surface area contributed by atoms with E-state index >= 15 is 0 Å². The molecule has 0 bridgehead atoms. The number of hydrogen-bond donors (Lipinski definition) is 1. The number of ether oxygens (including phenoxy) is 2. The van der Waals surface area contributed by atoms with E-state index in [0.29, 0.717) is 11.0 Å². The first-order chi connectivity index (χ1) is 16.6. The minimum Gasteiger partial charge on any atom is -0.497 e. The Kier molecular flexibility index (Phi) is 7.49. The summed E-state index contributed by atoms with van der Waals surface area (Å²) >= 11 is 1.34. The third kappa shape index (κ3) is 5.40. The van der Waals surface area contributed by atoms with Crippen molar-refractivity contribution in [1.29, 1.82) is 0 Å². The van der Waals surface area contributed by atoms with Crippen LogP contribution in [-0.4, -0.2) is 40.6 Å². The molecule has 8 heteroatoms. The van der Waals surface area contributed by atoms with Crippen LogP contribution in [0.25, 0.3) is 17.1 Å². The number of amides is 1. The second kappa shape index (κ2) is 10.9. The van der Waals surface area contributed by atoms with Crippen molar-refractivity contribution >= 4 is 17.7 Å². The Hall–Kier alpha value is -3.78. The molecule has 3 aromatic carbocycles. The van der Waals surface area contributed by atoms with Gasteiger partial charge in [-0.3, -0.25) is 9.36 Å². The van der Waals surface area contributed by atoms with E-state index in [4.69, 9.17) is 9.47 Å². The molecule has 0 fully saturated rings. The van der Waals surface area contributed by atoms with Crippen molar-refractivity contribution in [3.8, 4) is 28.6 Å². The summed E-state index contributed by atoms with van der Waals surface area (Å²) in [7, 11) is 3.26. The van der Waals surface area contributed by atoms with Gasteiger partial charge in [0.15, 0.2) is 11.0 Å². The fourth-order valence-electron chi connectivity index (χ4n) is 3.51. The first-order valence-corrected chi connectivity index (χ1v) is 11.8. The SMILES string of the molecule is COc1ccc(-n2c(SCC(=O)NC(C)c3ccccc3)nnc2-c2cccc(OC)c2)cc1. The zero-order valence-electron chi connectivity index (χ0n) is 19.3. The lowest BCUT2D eigenvalue weighted by Crippen LogP contribution is -2.28. The lowest BCUT2D eigenvalue weighted by molar-refractivity contribution is -0.119. The number of methoxy groups -OCH3 is 2. The van der Waals surface area contributed by atoms with Crippen molar-refractivity contribution in [3.63, 3.8) is 0 Å². The molecule has 1 amide bonds. The molecule has 0 spiro atoms. The number of hydrogen-bond acceptors (Lipinski definition) is 6. The molecule has 4 aromatic rings. The second-order valence-electron chi connectivity index (χ2n) is 7.56. The minimum absolute atomic E-state index is 0.0754. The molecule has 0 radical (unpaired) electrons. The Bertz CT molecular complexity index is 1240. The average molecular weight is 475 g/mol. The fourth-order valence-corrected chi connectivity index (χ4v) is 4.28. The Balaban J connectivity index is 1.59. The normalized spacial score (nSPS) is 11.6. The molecule has 0 saturated heterocycles. The summed E-state index contributed by atoms with van der Waals surface area (Å²) in [5.41, 5.74) is 2.78. The highest BCUT2D eigenvalue weighted by molar-refractivity contribution is 7.99. The van der Waals surface area contributed by atoms with Crippen molar-refractivity contribution in [2.75, 3.05) is 20.0 Å². The Labute approximate surface area is 203 Å². The number of carbonyl (C=O) groups excluding carboxylic acids is 1. The summed E-state index contributed by atoms with van der Waals surface area (Å²) in [4.78, 5) is 12.7. The molecular formula is C26H26N4O3S. The highest BCUT2D eigenvalue weighted by atomic mass is 32.2. The largest absolute Gasteiger partial charge is 0.497 e. The highest BCUT2D eigenvalue weighted by Crippen LogP contribution is 2.30. The number of nitrogens with one attached hydrogen (secondary N) is 1. The van der Waals surface area contributed by atoms with Gasteiger partial charge in [0.2, 0.25) is 5.91 Å². The van der Waals surface area contributed by atoms with E-state index in [1.54, 1.807) is 14.2 Å². The maximum absolute atomic E-state index is 12.7. The lowest BCUT2D eigenvalue weighted by Gasteiger charge is -2.14. The summed E-state index contributed by atoms with van der Waals surface area (Å²) < 4.78 is 12.6. The topological polar surface area (TPSA) is 78.3 Å². The molecule has 4 rings (SSSR count). The van der Waals surface area contributed by atoms with Crippen LogP contribution in [0.3, 0.4) is 0 Å². The monoisotopic (exact) mass is 474 g/mol. The maximum Gasteiger partial charge on any atom is 0.230 e. The standard InChI is InChI=1S/C26H26N4O3S/c1-18(19-8-5-4-6-9-19)27-24(31)17-34-26-29-28-25(20-10-7-11-23(16-20)33-3)30(26)21-12-14-22(32-2)15-13-21/h4-16,18H,17H2,1-3H3,(H,27,31). The van der Waals surface area contributed by atoms with Crippen LogP contribution in [0, 0.1) is 0 Å². The molecule has 1 aromatic heterocycles. The molecule has 0 saturated carbocycles. The minimum atomic E-state index is -0.0823. The summed E-state index contributed by atoms with van der Waals surface area (Å²) in [5, 5.41) is 12.5. The smallest absolute Gasteiger partial charge is 0.230 e. The Morgan fingerprint density at radius 2 is 1.68 bits per heavy atom. The van der Waals surface area contributed by atoms with Gasteiger partial charge in [-0.2, -0.15) is 0 Å². The molecule has 0 aliphatic rings. The molecule has 34 heavy (non-hydrogen) atoms. The van der Waals surface area contributed by atoms with Crippen LogP contribution in [0.5, 0.6) is 11.5 Å². The van der Waals surface area contributed by atoms with Gasteiger partial charge in [0.25, 0.3) is 0 Å². The van der Waals surface area contributed by atoms with Crippen molar-refractivity contribution in [1.82, 2.24) is 20.1 Å². The van der Waals surface area contributed by atoms with Crippen LogP contribution in [0.1, 0.15) is 18.5 Å². The predicted octanol–water partition coefficient (Wildman–Crippen LogP) is 4.92. The van der Waals surface area contributed by atoms with Gasteiger partial charge in [-0.25, -0.2) is 0 Å². The highest BCUT2D eigenvalue weighted by Gasteiger charge is 2.18. The number of benzene rings is 3. The molecule has 174 valence electrons. The van der Waals surface area contributed by atoms with Gasteiger partial charge < -0.3 is 14.8 Å². The van der Waals surface area contributed by atoms with Gasteiger partial charge in [0.1, 0.15) is 11.5 Å². The van der Waals surface area contributed by atoms with Crippen molar-refractivity contribution in [3.05, 3.63) is 84.4 Å². The van der Waals surface area contributed by atoms with Crippen molar-refractivity contribution in [2.45, 2.75) is 18.1 Å². The van der Waals surface area contributed by atoms with E-state index in [0.717, 1.165) is 28.3 Å². The number of aromatic nitrogens is 3. The van der Waals surface area contributed by atoms with E-state index in [2.05, 4.69) is 15.5 Å². The number of carbonyl (C=O) groups is 1. The van der Waals surface area contributed by atoms with Crippen LogP contribution in [0.4, 0.5) is 0 Å². The lowest BCUT2D eigenvalue weighted by atomic mass is 10.1.